The second-order valence-corrected chi connectivity index (χ2v) is 10.2. The first-order valence-electron chi connectivity index (χ1n) is 13.2. The number of hydrogen-bond acceptors (Lipinski definition) is 4. The van der Waals surface area contributed by atoms with Crippen molar-refractivity contribution in [3.8, 4) is 0 Å². The van der Waals surface area contributed by atoms with Crippen molar-refractivity contribution in [2.24, 2.45) is 0 Å². The molecule has 1 spiro atoms. The van der Waals surface area contributed by atoms with Crippen LogP contribution in [0.3, 0.4) is 0 Å². The summed E-state index contributed by atoms with van der Waals surface area (Å²) in [6.07, 6.45) is 0.415. The van der Waals surface area contributed by atoms with Gasteiger partial charge in [-0.2, -0.15) is 0 Å². The van der Waals surface area contributed by atoms with Gasteiger partial charge in [0.1, 0.15) is 17.2 Å². The zero-order chi connectivity index (χ0) is 28.3. The minimum atomic E-state index is -1.82. The molecule has 2 aliphatic rings. The summed E-state index contributed by atoms with van der Waals surface area (Å²) < 4.78 is 33.9. The van der Waals surface area contributed by atoms with Gasteiger partial charge in [-0.3, -0.25) is 14.4 Å². The summed E-state index contributed by atoms with van der Waals surface area (Å²) >= 11 is 0. The molecule has 0 N–H and O–H groups in total. The summed E-state index contributed by atoms with van der Waals surface area (Å²) in [5.74, 6) is -2.37. The van der Waals surface area contributed by atoms with Crippen LogP contribution in [0, 0.1) is 11.6 Å². The van der Waals surface area contributed by atoms with E-state index in [0.717, 1.165) is 17.7 Å². The molecule has 2 aliphatic heterocycles. The smallest absolute Gasteiger partial charge is 0.291 e. The van der Waals surface area contributed by atoms with Crippen LogP contribution in [0.2, 0.25) is 0 Å². The Morgan fingerprint density at radius 1 is 0.756 bits per heavy atom. The number of hydrogen-bond donors (Lipinski definition) is 0. The Morgan fingerprint density at radius 3 is 2.24 bits per heavy atom. The van der Waals surface area contributed by atoms with E-state index >= 15 is 0 Å². The van der Waals surface area contributed by atoms with E-state index < -0.39 is 34.4 Å². The summed E-state index contributed by atoms with van der Waals surface area (Å²) in [6, 6.07) is 25.8. The van der Waals surface area contributed by atoms with Crippen molar-refractivity contribution < 1.29 is 22.8 Å². The molecule has 0 bridgehead atoms. The average molecular weight is 549 g/mol. The quantitative estimate of drug-likeness (QED) is 0.288. The van der Waals surface area contributed by atoms with Crippen LogP contribution in [0.15, 0.2) is 106 Å². The molecule has 0 radical (unpaired) electrons. The van der Waals surface area contributed by atoms with Gasteiger partial charge in [0.15, 0.2) is 11.0 Å². The molecular formula is C33H22F2N2O4. The molecule has 5 aromatic rings. The lowest BCUT2D eigenvalue weighted by Crippen LogP contribution is -2.53. The number of anilines is 1. The van der Waals surface area contributed by atoms with Gasteiger partial charge in [0, 0.05) is 12.1 Å². The molecule has 1 atom stereocenters. The van der Waals surface area contributed by atoms with Crippen molar-refractivity contribution in [1.82, 2.24) is 4.90 Å². The van der Waals surface area contributed by atoms with Crippen molar-refractivity contribution in [2.45, 2.75) is 18.5 Å². The number of carbonyl (C=O) groups excluding carboxylic acids is 2. The SMILES string of the molecule is O=C1c2oc3ccc(F)cc3c(=O)c2C2(C(=O)N(Cc3ccc(F)cc3)c3ccccc32)N1CCc1ccccc1. The number of nitrogens with zero attached hydrogens (tertiary/aromatic N) is 2. The topological polar surface area (TPSA) is 70.8 Å². The maximum absolute atomic E-state index is 14.7. The molecule has 2 amide bonds. The number of halogens is 2. The Labute approximate surface area is 233 Å². The monoisotopic (exact) mass is 548 g/mol. The van der Waals surface area contributed by atoms with Gasteiger partial charge < -0.3 is 14.2 Å². The highest BCUT2D eigenvalue weighted by molar-refractivity contribution is 6.17. The fourth-order valence-corrected chi connectivity index (χ4v) is 6.08. The largest absolute Gasteiger partial charge is 0.450 e. The number of para-hydroxylation sites is 1. The minimum Gasteiger partial charge on any atom is -0.450 e. The van der Waals surface area contributed by atoms with E-state index in [4.69, 9.17) is 4.42 Å². The lowest BCUT2D eigenvalue weighted by Gasteiger charge is -2.34. The number of carbonyl (C=O) groups is 2. The lowest BCUT2D eigenvalue weighted by molar-refractivity contribution is -0.126. The van der Waals surface area contributed by atoms with E-state index in [1.54, 1.807) is 36.4 Å². The van der Waals surface area contributed by atoms with Gasteiger partial charge >= 0.3 is 0 Å². The highest BCUT2D eigenvalue weighted by atomic mass is 19.1. The van der Waals surface area contributed by atoms with Crippen LogP contribution in [0.1, 0.15) is 32.8 Å². The van der Waals surface area contributed by atoms with Crippen molar-refractivity contribution in [3.05, 3.63) is 147 Å². The standard InChI is InChI=1S/C33H22F2N2O4/c34-22-12-10-21(11-13-22)19-36-26-9-5-4-8-25(26)33(32(36)40)28-29(38)24-18-23(35)14-15-27(24)41-30(28)31(39)37(33)17-16-20-6-2-1-3-7-20/h1-15,18H,16-17,19H2. The van der Waals surface area contributed by atoms with Gasteiger partial charge in [0.25, 0.3) is 11.8 Å². The predicted octanol–water partition coefficient (Wildman–Crippen LogP) is 5.56. The fraction of sp³-hybridized carbons (Fsp3) is 0.121. The maximum atomic E-state index is 14.7. The third-order valence-corrected chi connectivity index (χ3v) is 7.92. The van der Waals surface area contributed by atoms with Gasteiger partial charge in [-0.15, -0.1) is 0 Å². The number of benzene rings is 4. The Bertz CT molecular complexity index is 1920. The third kappa shape index (κ3) is 3.64. The molecule has 1 aromatic heterocycles. The molecule has 8 heteroatoms. The Morgan fingerprint density at radius 2 is 1.46 bits per heavy atom. The van der Waals surface area contributed by atoms with Crippen molar-refractivity contribution in [3.63, 3.8) is 0 Å². The zero-order valence-corrected chi connectivity index (χ0v) is 21.6. The molecule has 41 heavy (non-hydrogen) atoms. The molecule has 7 rings (SSSR count). The van der Waals surface area contributed by atoms with Crippen molar-refractivity contribution in [2.75, 3.05) is 11.4 Å². The summed E-state index contributed by atoms with van der Waals surface area (Å²) in [5.41, 5.74) is 0.0702. The Balaban J connectivity index is 1.47. The van der Waals surface area contributed by atoms with Crippen LogP contribution < -0.4 is 10.3 Å². The number of amides is 2. The molecule has 4 aromatic carbocycles. The van der Waals surface area contributed by atoms with Gasteiger partial charge in [-0.1, -0.05) is 60.7 Å². The van der Waals surface area contributed by atoms with E-state index in [1.807, 2.05) is 30.3 Å². The zero-order valence-electron chi connectivity index (χ0n) is 21.6. The van der Waals surface area contributed by atoms with Crippen molar-refractivity contribution in [1.29, 1.82) is 0 Å². The van der Waals surface area contributed by atoms with E-state index in [2.05, 4.69) is 0 Å². The summed E-state index contributed by atoms with van der Waals surface area (Å²) in [5, 5.41) is -0.0527. The molecule has 202 valence electrons. The highest BCUT2D eigenvalue weighted by Crippen LogP contribution is 2.52. The van der Waals surface area contributed by atoms with Crippen LogP contribution in [0.25, 0.3) is 11.0 Å². The minimum absolute atomic E-state index is 0.0527. The predicted molar refractivity (Wildman–Crippen MR) is 148 cm³/mol. The molecule has 1 unspecified atom stereocenters. The van der Waals surface area contributed by atoms with Gasteiger partial charge in [0.05, 0.1) is 23.2 Å². The molecule has 6 nitrogen and oxygen atoms in total. The van der Waals surface area contributed by atoms with E-state index in [-0.39, 0.29) is 35.4 Å². The van der Waals surface area contributed by atoms with E-state index in [0.29, 0.717) is 23.2 Å². The molecule has 3 heterocycles. The number of fused-ring (bicyclic) bond motifs is 5. The second-order valence-electron chi connectivity index (χ2n) is 10.2. The second kappa shape index (κ2) is 9.23. The van der Waals surface area contributed by atoms with Gasteiger partial charge in [-0.05, 0) is 53.9 Å². The summed E-state index contributed by atoms with van der Waals surface area (Å²) in [4.78, 5) is 45.9. The van der Waals surface area contributed by atoms with Crippen LogP contribution in [0.5, 0.6) is 0 Å². The molecule has 0 saturated carbocycles. The molecule has 0 saturated heterocycles. The van der Waals surface area contributed by atoms with Crippen LogP contribution in [0.4, 0.5) is 14.5 Å². The van der Waals surface area contributed by atoms with Crippen LogP contribution >= 0.6 is 0 Å². The average Bonchev–Trinajstić information content (AvgIpc) is 3.38. The Hall–Kier alpha value is -5.11. The first-order chi connectivity index (χ1) is 19.9. The molecular weight excluding hydrogens is 526 g/mol. The fourth-order valence-electron chi connectivity index (χ4n) is 6.08. The summed E-state index contributed by atoms with van der Waals surface area (Å²) in [7, 11) is 0. The van der Waals surface area contributed by atoms with Gasteiger partial charge in [0.2, 0.25) is 5.76 Å². The van der Waals surface area contributed by atoms with E-state index in [1.165, 1.54) is 28.0 Å². The third-order valence-electron chi connectivity index (χ3n) is 7.92. The normalized spacial score (nSPS) is 17.5. The van der Waals surface area contributed by atoms with Crippen LogP contribution in [-0.2, 0) is 23.3 Å². The lowest BCUT2D eigenvalue weighted by atomic mass is 9.83. The summed E-state index contributed by atoms with van der Waals surface area (Å²) in [6.45, 7) is 0.198. The number of rotatable bonds is 5. The van der Waals surface area contributed by atoms with Gasteiger partial charge in [-0.25, -0.2) is 8.78 Å². The van der Waals surface area contributed by atoms with E-state index in [9.17, 15) is 23.2 Å². The molecule has 0 aliphatic carbocycles. The maximum Gasteiger partial charge on any atom is 0.291 e. The van der Waals surface area contributed by atoms with Crippen molar-refractivity contribution >= 4 is 28.5 Å². The first-order valence-corrected chi connectivity index (χ1v) is 13.2. The Kier molecular flexibility index (Phi) is 5.61. The molecule has 0 fully saturated rings. The van der Waals surface area contributed by atoms with Crippen LogP contribution in [-0.4, -0.2) is 23.3 Å². The highest BCUT2D eigenvalue weighted by Gasteiger charge is 2.64. The first kappa shape index (κ1) is 24.9.